The molecule has 144 valence electrons. The zero-order valence-corrected chi connectivity index (χ0v) is 14.0. The van der Waals surface area contributed by atoms with Crippen molar-refractivity contribution in [2.24, 2.45) is 0 Å². The van der Waals surface area contributed by atoms with Gasteiger partial charge >= 0.3 is 5.69 Å². The number of rotatable bonds is 4. The van der Waals surface area contributed by atoms with Gasteiger partial charge in [0.15, 0.2) is 12.4 Å². The van der Waals surface area contributed by atoms with Gasteiger partial charge in [0.25, 0.3) is 5.91 Å². The Kier molecular flexibility index (Phi) is 5.61. The van der Waals surface area contributed by atoms with E-state index in [1.54, 1.807) is 30.3 Å². The van der Waals surface area contributed by atoms with Crippen molar-refractivity contribution in [1.29, 1.82) is 0 Å². The van der Waals surface area contributed by atoms with Gasteiger partial charge in [-0.1, -0.05) is 18.2 Å². The highest BCUT2D eigenvalue weighted by Crippen LogP contribution is 2.29. The lowest BCUT2D eigenvalue weighted by molar-refractivity contribution is -0.237. The number of alkyl halides is 1. The number of halogens is 1. The number of hydrogen-bond donors (Lipinski definition) is 4. The minimum atomic E-state index is -2.12. The molecule has 0 bridgehead atoms. The van der Waals surface area contributed by atoms with E-state index in [-0.39, 0.29) is 5.82 Å². The highest BCUT2D eigenvalue weighted by atomic mass is 19.1. The maximum atomic E-state index is 14.0. The Morgan fingerprint density at radius 2 is 1.93 bits per heavy atom. The second kappa shape index (κ2) is 7.92. The molecule has 27 heavy (non-hydrogen) atoms. The second-order valence-corrected chi connectivity index (χ2v) is 6.00. The number of aromatic nitrogens is 2. The summed E-state index contributed by atoms with van der Waals surface area (Å²) in [5.74, 6) is -0.507. The molecular weight excluding hydrogens is 361 g/mol. The van der Waals surface area contributed by atoms with Gasteiger partial charge < -0.3 is 25.4 Å². The smallest absolute Gasteiger partial charge is 0.351 e. The van der Waals surface area contributed by atoms with Crippen LogP contribution < -0.4 is 11.0 Å². The average Bonchev–Trinajstić information content (AvgIpc) is 2.68. The first-order valence-corrected chi connectivity index (χ1v) is 8.14. The largest absolute Gasteiger partial charge is 0.394 e. The molecule has 10 heteroatoms. The van der Waals surface area contributed by atoms with Crippen molar-refractivity contribution in [2.75, 3.05) is 11.9 Å². The molecule has 0 saturated carbocycles. The first-order chi connectivity index (χ1) is 12.9. The van der Waals surface area contributed by atoms with Gasteiger partial charge in [0, 0.05) is 11.8 Å². The highest BCUT2D eigenvalue weighted by Gasteiger charge is 2.45. The molecule has 0 spiro atoms. The number of amides is 1. The number of aliphatic hydroxyl groups is 3. The number of hydrogen-bond acceptors (Lipinski definition) is 7. The second-order valence-electron chi connectivity index (χ2n) is 6.00. The summed E-state index contributed by atoms with van der Waals surface area (Å²) < 4.78 is 20.1. The van der Waals surface area contributed by atoms with E-state index in [1.807, 2.05) is 0 Å². The zero-order chi connectivity index (χ0) is 19.6. The molecule has 1 saturated heterocycles. The van der Waals surface area contributed by atoms with E-state index in [0.29, 0.717) is 5.56 Å². The van der Waals surface area contributed by atoms with Crippen molar-refractivity contribution in [3.8, 4) is 0 Å². The number of nitrogens with zero attached hydrogens (tertiary/aromatic N) is 2. The van der Waals surface area contributed by atoms with Crippen molar-refractivity contribution in [2.45, 2.75) is 30.7 Å². The summed E-state index contributed by atoms with van der Waals surface area (Å²) in [6, 6.07) is 9.57. The minimum absolute atomic E-state index is 0.0362. The van der Waals surface area contributed by atoms with Crippen LogP contribution in [0, 0.1) is 0 Å². The molecule has 1 aliphatic heterocycles. The fourth-order valence-corrected chi connectivity index (χ4v) is 2.74. The van der Waals surface area contributed by atoms with E-state index >= 15 is 0 Å². The fourth-order valence-electron chi connectivity index (χ4n) is 2.74. The maximum absolute atomic E-state index is 14.0. The Morgan fingerprint density at radius 1 is 1.22 bits per heavy atom. The third kappa shape index (κ3) is 3.88. The van der Waals surface area contributed by atoms with E-state index in [0.717, 1.165) is 4.57 Å². The molecule has 2 aromatic rings. The van der Waals surface area contributed by atoms with Crippen LogP contribution in [0.5, 0.6) is 0 Å². The summed E-state index contributed by atoms with van der Waals surface area (Å²) in [5, 5.41) is 31.2. The predicted octanol–water partition coefficient (Wildman–Crippen LogP) is -0.555. The van der Waals surface area contributed by atoms with Crippen LogP contribution in [0.4, 0.5) is 10.2 Å². The minimum Gasteiger partial charge on any atom is -0.394 e. The molecule has 1 amide bonds. The topological polar surface area (TPSA) is 134 Å². The fraction of sp³-hybridized carbons (Fsp3) is 0.353. The van der Waals surface area contributed by atoms with Crippen molar-refractivity contribution in [3.05, 3.63) is 58.6 Å². The first-order valence-electron chi connectivity index (χ1n) is 8.14. The van der Waals surface area contributed by atoms with Crippen LogP contribution in [0.3, 0.4) is 0 Å². The van der Waals surface area contributed by atoms with Gasteiger partial charge in [0.05, 0.1) is 6.61 Å². The van der Waals surface area contributed by atoms with Crippen LogP contribution in [-0.2, 0) is 4.74 Å². The van der Waals surface area contributed by atoms with Crippen LogP contribution in [0.2, 0.25) is 0 Å². The van der Waals surface area contributed by atoms with Gasteiger partial charge in [0.2, 0.25) is 0 Å². The Labute approximate surface area is 152 Å². The molecule has 2 heterocycles. The van der Waals surface area contributed by atoms with Crippen LogP contribution in [0.1, 0.15) is 16.6 Å². The van der Waals surface area contributed by atoms with Gasteiger partial charge in [-0.15, -0.1) is 0 Å². The normalized spacial score (nSPS) is 27.9. The molecule has 3 rings (SSSR count). The lowest BCUT2D eigenvalue weighted by atomic mass is 9.99. The predicted molar refractivity (Wildman–Crippen MR) is 90.8 cm³/mol. The Morgan fingerprint density at radius 3 is 2.56 bits per heavy atom. The van der Waals surface area contributed by atoms with Gasteiger partial charge in [-0.3, -0.25) is 9.36 Å². The summed E-state index contributed by atoms with van der Waals surface area (Å²) in [5.41, 5.74) is -0.542. The molecule has 1 aliphatic rings. The van der Waals surface area contributed by atoms with Crippen LogP contribution in [-0.4, -0.2) is 61.9 Å². The number of anilines is 1. The summed E-state index contributed by atoms with van der Waals surface area (Å²) >= 11 is 0. The number of nitrogens with one attached hydrogen (secondary N) is 1. The van der Waals surface area contributed by atoms with Crippen molar-refractivity contribution >= 4 is 11.7 Å². The molecule has 1 aromatic carbocycles. The van der Waals surface area contributed by atoms with E-state index in [2.05, 4.69) is 10.3 Å². The zero-order valence-electron chi connectivity index (χ0n) is 14.0. The van der Waals surface area contributed by atoms with Crippen molar-refractivity contribution < 1.29 is 29.2 Å². The third-order valence-corrected chi connectivity index (χ3v) is 4.20. The van der Waals surface area contributed by atoms with Crippen LogP contribution in [0.25, 0.3) is 0 Å². The van der Waals surface area contributed by atoms with Crippen LogP contribution >= 0.6 is 0 Å². The molecule has 9 nitrogen and oxygen atoms in total. The van der Waals surface area contributed by atoms with Crippen molar-refractivity contribution in [1.82, 2.24) is 9.55 Å². The van der Waals surface area contributed by atoms with Gasteiger partial charge in [-0.25, -0.2) is 9.18 Å². The highest BCUT2D eigenvalue weighted by molar-refractivity contribution is 6.03. The molecule has 5 atom stereocenters. The van der Waals surface area contributed by atoms with Crippen LogP contribution in [0.15, 0.2) is 47.4 Å². The average molecular weight is 379 g/mol. The summed E-state index contributed by atoms with van der Waals surface area (Å²) in [6.45, 7) is -0.696. The number of carbonyl (C=O) groups excluding carboxylic acids is 1. The number of benzene rings is 1. The summed E-state index contributed by atoms with van der Waals surface area (Å²) in [6.07, 6.45) is -7.31. The van der Waals surface area contributed by atoms with E-state index < -0.39 is 48.9 Å². The molecule has 2 unspecified atom stereocenters. The van der Waals surface area contributed by atoms with E-state index in [9.17, 15) is 24.2 Å². The Hall–Kier alpha value is -2.66. The first kappa shape index (κ1) is 19.1. The number of ether oxygens (including phenoxy) is 1. The van der Waals surface area contributed by atoms with Gasteiger partial charge in [0.1, 0.15) is 24.1 Å². The standard InChI is InChI=1S/C17H18FN3O6/c18-12-13(23)10(8-22)27-16(14(12)24)21-7-6-11(20-17(21)26)19-15(25)9-4-2-1-3-5-9/h1-7,10,12-14,16,22-24H,8H2,(H,19,20,25,26)/t10-,12+,13?,14?,16-/m1/s1. The quantitative estimate of drug-likeness (QED) is 0.560. The molecule has 1 fully saturated rings. The molecule has 4 N–H and O–H groups in total. The number of aliphatic hydroxyl groups excluding tert-OH is 3. The van der Waals surface area contributed by atoms with Gasteiger partial charge in [-0.05, 0) is 18.2 Å². The molecule has 0 aliphatic carbocycles. The maximum Gasteiger partial charge on any atom is 0.351 e. The van der Waals surface area contributed by atoms with Crippen molar-refractivity contribution in [3.63, 3.8) is 0 Å². The summed E-state index contributed by atoms with van der Waals surface area (Å²) in [7, 11) is 0. The van der Waals surface area contributed by atoms with Gasteiger partial charge in [-0.2, -0.15) is 4.98 Å². The monoisotopic (exact) mass is 379 g/mol. The molecular formula is C17H18FN3O6. The number of carbonyl (C=O) groups is 1. The third-order valence-electron chi connectivity index (χ3n) is 4.20. The SMILES string of the molecule is O=C(Nc1ccn([C@@H]2O[C@H](CO)C(O)[C@H](F)C2O)c(=O)n1)c1ccccc1. The lowest BCUT2D eigenvalue weighted by Gasteiger charge is -2.39. The molecule has 0 radical (unpaired) electrons. The van der Waals surface area contributed by atoms with E-state index in [4.69, 9.17) is 9.84 Å². The summed E-state index contributed by atoms with van der Waals surface area (Å²) in [4.78, 5) is 28.0. The Balaban J connectivity index is 1.80. The molecule has 1 aromatic heterocycles. The van der Waals surface area contributed by atoms with E-state index in [1.165, 1.54) is 12.3 Å². The lowest BCUT2D eigenvalue weighted by Crippen LogP contribution is -2.56. The Bertz CT molecular complexity index is 859.